The van der Waals surface area contributed by atoms with E-state index >= 15 is 0 Å². The summed E-state index contributed by atoms with van der Waals surface area (Å²) in [7, 11) is -1.78. The lowest BCUT2D eigenvalue weighted by Gasteiger charge is -2.26. The summed E-state index contributed by atoms with van der Waals surface area (Å²) < 4.78 is 6.76. The summed E-state index contributed by atoms with van der Waals surface area (Å²) in [5.41, 5.74) is 5.40. The fourth-order valence-corrected chi connectivity index (χ4v) is 7.21. The smallest absolute Gasteiger partial charge is 0.225 e. The van der Waals surface area contributed by atoms with Crippen LogP contribution >= 0.6 is 0 Å². The van der Waals surface area contributed by atoms with E-state index in [9.17, 15) is 0 Å². The van der Waals surface area contributed by atoms with Crippen molar-refractivity contribution < 1.29 is 4.43 Å². The van der Waals surface area contributed by atoms with Gasteiger partial charge in [0.25, 0.3) is 0 Å². The Bertz CT molecular complexity index is 658. The molecule has 2 aromatic carbocycles. The zero-order chi connectivity index (χ0) is 15.0. The van der Waals surface area contributed by atoms with Crippen molar-refractivity contribution in [3.05, 3.63) is 64.7 Å². The number of rotatable bonds is 3. The second-order valence-corrected chi connectivity index (χ2v) is 10.3. The van der Waals surface area contributed by atoms with Crippen LogP contribution in [0, 0.1) is 13.8 Å². The third kappa shape index (κ3) is 2.27. The van der Waals surface area contributed by atoms with Gasteiger partial charge in [0.1, 0.15) is 0 Å². The first-order valence-electron chi connectivity index (χ1n) is 7.95. The minimum atomic E-state index is -1.78. The minimum absolute atomic E-state index is 0.133. The molecule has 0 aromatic heterocycles. The molecule has 0 fully saturated rings. The Morgan fingerprint density at radius 3 is 2.33 bits per heavy atom. The van der Waals surface area contributed by atoms with Gasteiger partial charge in [-0.25, -0.2) is 0 Å². The van der Waals surface area contributed by atoms with E-state index in [0.717, 1.165) is 12.1 Å². The van der Waals surface area contributed by atoms with Crippen LogP contribution in [-0.2, 0) is 4.43 Å². The zero-order valence-electron chi connectivity index (χ0n) is 13.4. The average molecular weight is 296 g/mol. The maximum Gasteiger partial charge on any atom is 0.225 e. The molecule has 0 unspecified atom stereocenters. The van der Waals surface area contributed by atoms with E-state index in [2.05, 4.69) is 70.2 Å². The van der Waals surface area contributed by atoms with E-state index < -0.39 is 8.32 Å². The summed E-state index contributed by atoms with van der Waals surface area (Å²) in [4.78, 5) is 0. The average Bonchev–Trinajstić information content (AvgIpc) is 2.83. The summed E-state index contributed by atoms with van der Waals surface area (Å²) in [6.07, 6.45) is 0.133. The molecule has 1 nitrogen and oxygen atoms in total. The van der Waals surface area contributed by atoms with Gasteiger partial charge >= 0.3 is 0 Å². The van der Waals surface area contributed by atoms with Crippen LogP contribution in [0.5, 0.6) is 0 Å². The second kappa shape index (κ2) is 5.43. The number of hydrogen-bond acceptors (Lipinski definition) is 1. The first-order valence-corrected chi connectivity index (χ1v) is 10.3. The predicted molar refractivity (Wildman–Crippen MR) is 91.6 cm³/mol. The molecule has 0 bridgehead atoms. The van der Waals surface area contributed by atoms with Gasteiger partial charge in [0, 0.05) is 0 Å². The molecule has 1 aliphatic rings. The topological polar surface area (TPSA) is 9.23 Å². The minimum Gasteiger partial charge on any atom is -0.401 e. The van der Waals surface area contributed by atoms with Crippen LogP contribution in [0.15, 0.2) is 42.5 Å². The van der Waals surface area contributed by atoms with Crippen LogP contribution in [-0.4, -0.2) is 8.32 Å². The highest BCUT2D eigenvalue weighted by molar-refractivity contribution is 6.87. The van der Waals surface area contributed by atoms with Gasteiger partial charge < -0.3 is 4.43 Å². The molecule has 1 aliphatic heterocycles. The molecule has 3 rings (SSSR count). The highest BCUT2D eigenvalue weighted by atomic mass is 28.4. The number of hydrogen-bond donors (Lipinski definition) is 0. The fraction of sp³-hybridized carbons (Fsp3) is 0.368. The van der Waals surface area contributed by atoms with E-state index in [0.29, 0.717) is 0 Å². The van der Waals surface area contributed by atoms with Gasteiger partial charge in [-0.3, -0.25) is 0 Å². The van der Waals surface area contributed by atoms with Crippen molar-refractivity contribution in [2.24, 2.45) is 0 Å². The SMILES string of the molecule is CC[Si]1(CC)O[C@H](c2ccc(C)cc2C)c2ccccc21. The molecule has 2 aromatic rings. The van der Waals surface area contributed by atoms with Crippen molar-refractivity contribution in [3.63, 3.8) is 0 Å². The maximum absolute atomic E-state index is 6.76. The highest BCUT2D eigenvalue weighted by Gasteiger charge is 2.45. The fourth-order valence-electron chi connectivity index (χ4n) is 3.64. The molecule has 0 saturated carbocycles. The first-order chi connectivity index (χ1) is 10.1. The van der Waals surface area contributed by atoms with Gasteiger partial charge in [0.05, 0.1) is 6.10 Å². The zero-order valence-corrected chi connectivity index (χ0v) is 14.4. The van der Waals surface area contributed by atoms with Crippen LogP contribution in [0.2, 0.25) is 12.1 Å². The monoisotopic (exact) mass is 296 g/mol. The van der Waals surface area contributed by atoms with Crippen molar-refractivity contribution in [1.29, 1.82) is 0 Å². The van der Waals surface area contributed by atoms with Gasteiger partial charge in [-0.15, -0.1) is 0 Å². The Morgan fingerprint density at radius 2 is 1.67 bits per heavy atom. The quantitative estimate of drug-likeness (QED) is 0.751. The summed E-state index contributed by atoms with van der Waals surface area (Å²) in [5.74, 6) is 0. The van der Waals surface area contributed by atoms with Gasteiger partial charge in [-0.1, -0.05) is 61.9 Å². The summed E-state index contributed by atoms with van der Waals surface area (Å²) >= 11 is 0. The number of benzene rings is 2. The van der Waals surface area contributed by atoms with Crippen LogP contribution in [0.25, 0.3) is 0 Å². The Labute approximate surface area is 129 Å². The van der Waals surface area contributed by atoms with Crippen LogP contribution < -0.4 is 5.19 Å². The van der Waals surface area contributed by atoms with Crippen molar-refractivity contribution >= 4 is 13.5 Å². The summed E-state index contributed by atoms with van der Waals surface area (Å²) in [6.45, 7) is 8.93. The van der Waals surface area contributed by atoms with Gasteiger partial charge in [-0.2, -0.15) is 0 Å². The highest BCUT2D eigenvalue weighted by Crippen LogP contribution is 2.39. The van der Waals surface area contributed by atoms with Crippen molar-refractivity contribution in [2.45, 2.75) is 45.9 Å². The third-order valence-corrected chi connectivity index (χ3v) is 9.34. The molecule has 0 N–H and O–H groups in total. The standard InChI is InChI=1S/C19H24OSi/c1-5-21(6-2)18-10-8-7-9-17(18)19(20-21)16-12-11-14(3)13-15(16)4/h7-13,19H,5-6H2,1-4H3/t19-/m1/s1. The van der Waals surface area contributed by atoms with E-state index in [1.807, 2.05) is 0 Å². The first kappa shape index (κ1) is 14.5. The van der Waals surface area contributed by atoms with E-state index in [1.54, 1.807) is 0 Å². The Hall–Kier alpha value is -1.38. The number of aryl methyl sites for hydroxylation is 2. The van der Waals surface area contributed by atoms with Crippen LogP contribution in [0.1, 0.15) is 42.2 Å². The summed E-state index contributed by atoms with van der Waals surface area (Å²) in [5, 5.41) is 1.51. The van der Waals surface area contributed by atoms with Gasteiger partial charge in [0.2, 0.25) is 8.32 Å². The van der Waals surface area contributed by atoms with E-state index in [-0.39, 0.29) is 6.10 Å². The summed E-state index contributed by atoms with van der Waals surface area (Å²) in [6, 6.07) is 17.9. The van der Waals surface area contributed by atoms with E-state index in [4.69, 9.17) is 4.43 Å². The second-order valence-electron chi connectivity index (χ2n) is 6.15. The van der Waals surface area contributed by atoms with Crippen molar-refractivity contribution in [1.82, 2.24) is 0 Å². The molecular formula is C19H24OSi. The largest absolute Gasteiger partial charge is 0.401 e. The van der Waals surface area contributed by atoms with Gasteiger partial charge in [0.15, 0.2) is 0 Å². The molecule has 0 saturated heterocycles. The Kier molecular flexibility index (Phi) is 3.76. The molecule has 2 heteroatoms. The lowest BCUT2D eigenvalue weighted by atomic mass is 9.96. The molecule has 0 aliphatic carbocycles. The molecule has 21 heavy (non-hydrogen) atoms. The molecule has 0 radical (unpaired) electrons. The maximum atomic E-state index is 6.76. The Balaban J connectivity index is 2.14. The molecule has 0 amide bonds. The molecule has 110 valence electrons. The third-order valence-electron chi connectivity index (χ3n) is 4.93. The van der Waals surface area contributed by atoms with Crippen LogP contribution in [0.3, 0.4) is 0 Å². The van der Waals surface area contributed by atoms with E-state index in [1.165, 1.54) is 27.4 Å². The lowest BCUT2D eigenvalue weighted by molar-refractivity contribution is 0.252. The molecule has 1 atom stereocenters. The van der Waals surface area contributed by atoms with Crippen molar-refractivity contribution in [2.75, 3.05) is 0 Å². The Morgan fingerprint density at radius 1 is 0.952 bits per heavy atom. The van der Waals surface area contributed by atoms with Crippen molar-refractivity contribution in [3.8, 4) is 0 Å². The molecule has 0 spiro atoms. The molecular weight excluding hydrogens is 272 g/mol. The lowest BCUT2D eigenvalue weighted by Crippen LogP contribution is -2.45. The number of fused-ring (bicyclic) bond motifs is 1. The molecule has 1 heterocycles. The predicted octanol–water partition coefficient (Wildman–Crippen LogP) is 4.62. The van der Waals surface area contributed by atoms with Gasteiger partial charge in [-0.05, 0) is 47.8 Å². The van der Waals surface area contributed by atoms with Crippen LogP contribution in [0.4, 0.5) is 0 Å². The normalized spacial score (nSPS) is 19.5.